The monoisotopic (exact) mass is 370 g/mol. The lowest BCUT2D eigenvalue weighted by molar-refractivity contribution is -0.135. The molecule has 0 aromatic carbocycles. The normalized spacial score (nSPS) is 22.0. The lowest BCUT2D eigenvalue weighted by atomic mass is 10.1. The van der Waals surface area contributed by atoms with Gasteiger partial charge in [-0.2, -0.15) is 0 Å². The van der Waals surface area contributed by atoms with E-state index in [1.807, 2.05) is 37.3 Å². The Morgan fingerprint density at radius 3 is 2.96 bits per heavy atom. The van der Waals surface area contributed by atoms with Crippen molar-refractivity contribution < 1.29 is 9.53 Å². The smallest absolute Gasteiger partial charge is 0.251 e. The van der Waals surface area contributed by atoms with Crippen molar-refractivity contribution in [1.82, 2.24) is 20.3 Å². The third-order valence-corrected chi connectivity index (χ3v) is 6.02. The summed E-state index contributed by atoms with van der Waals surface area (Å²) in [6.07, 6.45) is 6.34. The van der Waals surface area contributed by atoms with Crippen molar-refractivity contribution in [3.63, 3.8) is 0 Å². The molecule has 6 nitrogen and oxygen atoms in total. The first-order chi connectivity index (χ1) is 12.6. The van der Waals surface area contributed by atoms with E-state index in [2.05, 4.69) is 21.9 Å². The highest BCUT2D eigenvalue weighted by molar-refractivity contribution is 7.10. The predicted octanol–water partition coefficient (Wildman–Crippen LogP) is 2.90. The Hall–Kier alpha value is -2.38. The Labute approximate surface area is 157 Å². The summed E-state index contributed by atoms with van der Waals surface area (Å²) in [5.74, 6) is 0.935. The molecule has 7 heteroatoms. The number of nitrogens with one attached hydrogen (secondary N) is 1. The maximum atomic E-state index is 13.0. The fourth-order valence-corrected chi connectivity index (χ4v) is 4.42. The third kappa shape index (κ3) is 2.87. The molecule has 0 spiro atoms. The molecule has 0 bridgehead atoms. The minimum atomic E-state index is -0.181. The Kier molecular flexibility index (Phi) is 4.42. The molecule has 26 heavy (non-hydrogen) atoms. The van der Waals surface area contributed by atoms with Crippen LogP contribution in [0.15, 0.2) is 36.1 Å². The van der Waals surface area contributed by atoms with Gasteiger partial charge in [0.2, 0.25) is 0 Å². The Bertz CT molecular complexity index is 849. The number of aromatic nitrogens is 1. The number of methoxy groups -OCH3 is 1. The first-order valence-electron chi connectivity index (χ1n) is 8.64. The molecule has 136 valence electrons. The number of aryl methyl sites for hydroxylation is 1. The number of fused-ring (bicyclic) bond motifs is 1. The number of carbonyl (C=O) groups is 1. The van der Waals surface area contributed by atoms with Gasteiger partial charge in [-0.1, -0.05) is 6.07 Å². The number of thiophene rings is 1. The zero-order valence-electron chi connectivity index (χ0n) is 15.1. The second-order valence-electron chi connectivity index (χ2n) is 6.67. The van der Waals surface area contributed by atoms with E-state index in [9.17, 15) is 4.79 Å². The van der Waals surface area contributed by atoms with Gasteiger partial charge in [-0.3, -0.25) is 9.78 Å². The van der Waals surface area contributed by atoms with E-state index in [1.165, 1.54) is 4.88 Å². The van der Waals surface area contributed by atoms with Crippen molar-refractivity contribution in [3.8, 4) is 5.75 Å². The van der Waals surface area contributed by atoms with Gasteiger partial charge in [0.25, 0.3) is 5.91 Å². The number of hydrogen-bond donors (Lipinski definition) is 1. The molecule has 1 N–H and O–H groups in total. The molecule has 2 unspecified atom stereocenters. The van der Waals surface area contributed by atoms with E-state index in [0.29, 0.717) is 6.54 Å². The standard InChI is InChI=1S/C19H22N4O2S/c1-12-10-20-15(13(2)18(12)25-3)11-22-6-7-23-16(19(22)24)9-14(21-23)17-5-4-8-26-17/h4-8,10,14,16,21H,9,11H2,1-3H3. The van der Waals surface area contributed by atoms with Crippen molar-refractivity contribution in [1.29, 1.82) is 0 Å². The molecule has 2 aromatic heterocycles. The molecule has 2 aliphatic rings. The molecular weight excluding hydrogens is 348 g/mol. The van der Waals surface area contributed by atoms with Gasteiger partial charge < -0.3 is 14.6 Å². The lowest BCUT2D eigenvalue weighted by Gasteiger charge is -2.32. The number of hydrazine groups is 1. The van der Waals surface area contributed by atoms with Crippen molar-refractivity contribution >= 4 is 17.2 Å². The van der Waals surface area contributed by atoms with E-state index in [0.717, 1.165) is 29.0 Å². The summed E-state index contributed by atoms with van der Waals surface area (Å²) >= 11 is 1.72. The number of pyridine rings is 1. The molecule has 4 rings (SSSR count). The van der Waals surface area contributed by atoms with Gasteiger partial charge >= 0.3 is 0 Å². The number of carbonyl (C=O) groups excluding carboxylic acids is 1. The van der Waals surface area contributed by atoms with Crippen LogP contribution in [0.1, 0.15) is 34.2 Å². The maximum Gasteiger partial charge on any atom is 0.251 e. The van der Waals surface area contributed by atoms with Crippen LogP contribution in [-0.2, 0) is 11.3 Å². The Morgan fingerprint density at radius 2 is 2.23 bits per heavy atom. The van der Waals surface area contributed by atoms with Gasteiger partial charge in [0.1, 0.15) is 11.8 Å². The summed E-state index contributed by atoms with van der Waals surface area (Å²) in [7, 11) is 1.66. The summed E-state index contributed by atoms with van der Waals surface area (Å²) in [6.45, 7) is 4.41. The lowest BCUT2D eigenvalue weighted by Crippen LogP contribution is -2.47. The second kappa shape index (κ2) is 6.74. The van der Waals surface area contributed by atoms with E-state index < -0.39 is 0 Å². The number of nitrogens with zero attached hydrogens (tertiary/aromatic N) is 3. The Morgan fingerprint density at radius 1 is 1.38 bits per heavy atom. The molecule has 2 aromatic rings. The number of ether oxygens (including phenoxy) is 1. The van der Waals surface area contributed by atoms with Gasteiger partial charge in [-0.15, -0.1) is 11.3 Å². The molecule has 1 amide bonds. The molecule has 1 fully saturated rings. The summed E-state index contributed by atoms with van der Waals surface area (Å²) in [4.78, 5) is 20.5. The van der Waals surface area contributed by atoms with Gasteiger partial charge in [-0.05, 0) is 25.3 Å². The van der Waals surface area contributed by atoms with Gasteiger partial charge in [-0.25, -0.2) is 5.43 Å². The highest BCUT2D eigenvalue weighted by Crippen LogP contribution is 2.33. The van der Waals surface area contributed by atoms with Gasteiger partial charge in [0.15, 0.2) is 0 Å². The SMILES string of the molecule is COc1c(C)cnc(CN2C=CN3NC(c4cccs4)CC3C2=O)c1C. The number of hydrogen-bond acceptors (Lipinski definition) is 6. The van der Waals surface area contributed by atoms with Crippen LogP contribution in [0.5, 0.6) is 5.75 Å². The fraction of sp³-hybridized carbons (Fsp3) is 0.368. The molecule has 4 heterocycles. The molecule has 1 saturated heterocycles. The average Bonchev–Trinajstić information content (AvgIpc) is 3.29. The Balaban J connectivity index is 1.52. The topological polar surface area (TPSA) is 57.7 Å². The number of rotatable bonds is 4. The van der Waals surface area contributed by atoms with Crippen LogP contribution < -0.4 is 10.2 Å². The first kappa shape index (κ1) is 17.1. The van der Waals surface area contributed by atoms with Crippen LogP contribution in [-0.4, -0.2) is 34.0 Å². The zero-order valence-corrected chi connectivity index (χ0v) is 15.9. The summed E-state index contributed by atoms with van der Waals surface area (Å²) in [5.41, 5.74) is 6.26. The van der Waals surface area contributed by atoms with Crippen LogP contribution in [0.25, 0.3) is 0 Å². The van der Waals surface area contributed by atoms with Gasteiger partial charge in [0.05, 0.1) is 25.4 Å². The van der Waals surface area contributed by atoms with Gasteiger partial charge in [0, 0.05) is 41.0 Å². The minimum Gasteiger partial charge on any atom is -0.496 e. The first-order valence-corrected chi connectivity index (χ1v) is 9.52. The van der Waals surface area contributed by atoms with Crippen molar-refractivity contribution in [2.24, 2.45) is 0 Å². The highest BCUT2D eigenvalue weighted by Gasteiger charge is 2.40. The van der Waals surface area contributed by atoms with Crippen LogP contribution in [0.3, 0.4) is 0 Å². The summed E-state index contributed by atoms with van der Waals surface area (Å²) in [5, 5.41) is 4.00. The fourth-order valence-electron chi connectivity index (χ4n) is 3.64. The maximum absolute atomic E-state index is 13.0. The summed E-state index contributed by atoms with van der Waals surface area (Å²) in [6, 6.07) is 4.16. The van der Waals surface area contributed by atoms with Crippen LogP contribution in [0.2, 0.25) is 0 Å². The molecule has 2 atom stereocenters. The second-order valence-corrected chi connectivity index (χ2v) is 7.65. The van der Waals surface area contributed by atoms with E-state index in [4.69, 9.17) is 4.74 Å². The van der Waals surface area contributed by atoms with E-state index in [-0.39, 0.29) is 18.0 Å². The predicted molar refractivity (Wildman–Crippen MR) is 100 cm³/mol. The third-order valence-electron chi connectivity index (χ3n) is 5.03. The molecule has 0 radical (unpaired) electrons. The minimum absolute atomic E-state index is 0.0970. The highest BCUT2D eigenvalue weighted by atomic mass is 32.1. The number of amides is 1. The van der Waals surface area contributed by atoms with Crippen molar-refractivity contribution in [2.75, 3.05) is 7.11 Å². The molecular formula is C19H22N4O2S. The average molecular weight is 370 g/mol. The van der Waals surface area contributed by atoms with E-state index >= 15 is 0 Å². The van der Waals surface area contributed by atoms with Crippen LogP contribution in [0, 0.1) is 13.8 Å². The molecule has 0 aliphatic carbocycles. The van der Waals surface area contributed by atoms with Crippen molar-refractivity contribution in [3.05, 3.63) is 57.8 Å². The largest absolute Gasteiger partial charge is 0.496 e. The quantitative estimate of drug-likeness (QED) is 0.897. The van der Waals surface area contributed by atoms with Crippen LogP contribution >= 0.6 is 11.3 Å². The molecule has 0 saturated carbocycles. The summed E-state index contributed by atoms with van der Waals surface area (Å²) < 4.78 is 5.48. The zero-order chi connectivity index (χ0) is 18.3. The van der Waals surface area contributed by atoms with Crippen LogP contribution in [0.4, 0.5) is 0 Å². The molecule has 2 aliphatic heterocycles. The van der Waals surface area contributed by atoms with Crippen molar-refractivity contribution in [2.45, 2.75) is 38.9 Å². The van der Waals surface area contributed by atoms with E-state index in [1.54, 1.807) is 29.5 Å².